The van der Waals surface area contributed by atoms with Gasteiger partial charge in [-0.1, -0.05) is 0 Å². The van der Waals surface area contributed by atoms with Gasteiger partial charge in [-0.05, 0) is 35.2 Å². The Bertz CT molecular complexity index is 327. The maximum Gasteiger partial charge on any atom is 0.146 e. The SMILES string of the molecule is NCCN(c1ncncc1Br)C1CCC1. The molecule has 4 nitrogen and oxygen atoms in total. The first-order chi connectivity index (χ1) is 7.33. The van der Waals surface area contributed by atoms with Crippen molar-refractivity contribution in [3.63, 3.8) is 0 Å². The number of hydrogen-bond donors (Lipinski definition) is 1. The zero-order valence-corrected chi connectivity index (χ0v) is 10.2. The van der Waals surface area contributed by atoms with Crippen molar-refractivity contribution in [2.75, 3.05) is 18.0 Å². The normalized spacial score (nSPS) is 16.1. The van der Waals surface area contributed by atoms with Gasteiger partial charge in [-0.3, -0.25) is 0 Å². The molecule has 15 heavy (non-hydrogen) atoms. The fraction of sp³-hybridized carbons (Fsp3) is 0.600. The summed E-state index contributed by atoms with van der Waals surface area (Å²) in [6.45, 7) is 1.52. The van der Waals surface area contributed by atoms with Crippen molar-refractivity contribution in [3.8, 4) is 0 Å². The van der Waals surface area contributed by atoms with Crippen LogP contribution >= 0.6 is 15.9 Å². The molecule has 1 heterocycles. The number of hydrogen-bond acceptors (Lipinski definition) is 4. The van der Waals surface area contributed by atoms with E-state index in [9.17, 15) is 0 Å². The molecule has 1 saturated carbocycles. The first-order valence-corrected chi connectivity index (χ1v) is 6.04. The number of anilines is 1. The minimum absolute atomic E-state index is 0.611. The smallest absolute Gasteiger partial charge is 0.146 e. The molecule has 0 atom stereocenters. The van der Waals surface area contributed by atoms with E-state index >= 15 is 0 Å². The molecule has 1 aliphatic rings. The number of nitrogens with zero attached hydrogens (tertiary/aromatic N) is 3. The molecule has 0 spiro atoms. The zero-order chi connectivity index (χ0) is 10.7. The third kappa shape index (κ3) is 2.29. The Hall–Kier alpha value is -0.680. The van der Waals surface area contributed by atoms with E-state index in [4.69, 9.17) is 5.73 Å². The molecule has 1 aliphatic carbocycles. The minimum Gasteiger partial charge on any atom is -0.351 e. The van der Waals surface area contributed by atoms with Gasteiger partial charge in [0.15, 0.2) is 0 Å². The highest BCUT2D eigenvalue weighted by Crippen LogP contribution is 2.31. The highest BCUT2D eigenvalue weighted by atomic mass is 79.9. The van der Waals surface area contributed by atoms with Crippen molar-refractivity contribution < 1.29 is 0 Å². The van der Waals surface area contributed by atoms with Crippen LogP contribution in [0.5, 0.6) is 0 Å². The van der Waals surface area contributed by atoms with Crippen LogP contribution in [-0.2, 0) is 0 Å². The Morgan fingerprint density at radius 2 is 2.33 bits per heavy atom. The molecule has 1 fully saturated rings. The van der Waals surface area contributed by atoms with E-state index in [2.05, 4.69) is 30.8 Å². The highest BCUT2D eigenvalue weighted by molar-refractivity contribution is 9.10. The van der Waals surface area contributed by atoms with Gasteiger partial charge in [-0.2, -0.15) is 0 Å². The summed E-state index contributed by atoms with van der Waals surface area (Å²) in [5.74, 6) is 0.972. The second kappa shape index (κ2) is 4.90. The number of nitrogens with two attached hydrogens (primary N) is 1. The summed E-state index contributed by atoms with van der Waals surface area (Å²) >= 11 is 3.48. The van der Waals surface area contributed by atoms with Gasteiger partial charge in [0, 0.05) is 25.3 Å². The first-order valence-electron chi connectivity index (χ1n) is 5.25. The predicted molar refractivity (Wildman–Crippen MR) is 63.8 cm³/mol. The fourth-order valence-electron chi connectivity index (χ4n) is 1.82. The summed E-state index contributed by atoms with van der Waals surface area (Å²) in [5, 5.41) is 0. The molecule has 2 rings (SSSR count). The minimum atomic E-state index is 0.611. The van der Waals surface area contributed by atoms with Crippen LogP contribution in [0.25, 0.3) is 0 Å². The molecular formula is C10H15BrN4. The Kier molecular flexibility index (Phi) is 3.53. The average Bonchev–Trinajstić information content (AvgIpc) is 2.15. The van der Waals surface area contributed by atoms with E-state index in [0.29, 0.717) is 12.6 Å². The summed E-state index contributed by atoms with van der Waals surface area (Å²) in [7, 11) is 0. The van der Waals surface area contributed by atoms with Gasteiger partial charge < -0.3 is 10.6 Å². The molecule has 82 valence electrons. The van der Waals surface area contributed by atoms with E-state index in [1.807, 2.05) is 0 Å². The molecule has 1 aromatic heterocycles. The standard InChI is InChI=1S/C10H15BrN4/c11-9-6-13-7-14-10(9)15(5-4-12)8-2-1-3-8/h6-8H,1-5,12H2. The van der Waals surface area contributed by atoms with Gasteiger partial charge in [0.05, 0.1) is 4.47 Å². The summed E-state index contributed by atoms with van der Waals surface area (Å²) in [5.41, 5.74) is 5.63. The molecule has 0 saturated heterocycles. The molecular weight excluding hydrogens is 256 g/mol. The third-order valence-electron chi connectivity index (χ3n) is 2.81. The van der Waals surface area contributed by atoms with E-state index in [1.54, 1.807) is 12.5 Å². The highest BCUT2D eigenvalue weighted by Gasteiger charge is 2.26. The van der Waals surface area contributed by atoms with Crippen LogP contribution in [0.4, 0.5) is 5.82 Å². The van der Waals surface area contributed by atoms with Gasteiger partial charge in [0.25, 0.3) is 0 Å². The summed E-state index contributed by atoms with van der Waals surface area (Å²) in [4.78, 5) is 10.6. The van der Waals surface area contributed by atoms with Crippen LogP contribution in [0.3, 0.4) is 0 Å². The lowest BCUT2D eigenvalue weighted by atomic mass is 9.91. The lowest BCUT2D eigenvalue weighted by Crippen LogP contribution is -2.43. The summed E-state index contributed by atoms with van der Waals surface area (Å²) < 4.78 is 0.949. The second-order valence-electron chi connectivity index (χ2n) is 3.76. The maximum absolute atomic E-state index is 5.63. The number of aromatic nitrogens is 2. The average molecular weight is 271 g/mol. The Labute approximate surface area is 98.0 Å². The Morgan fingerprint density at radius 1 is 1.53 bits per heavy atom. The van der Waals surface area contributed by atoms with Gasteiger partial charge in [-0.25, -0.2) is 9.97 Å². The first kappa shape index (κ1) is 10.8. The van der Waals surface area contributed by atoms with Crippen molar-refractivity contribution in [2.24, 2.45) is 5.73 Å². The van der Waals surface area contributed by atoms with Crippen molar-refractivity contribution >= 4 is 21.7 Å². The molecule has 1 aromatic rings. The van der Waals surface area contributed by atoms with Crippen LogP contribution in [0, 0.1) is 0 Å². The van der Waals surface area contributed by atoms with Crippen LogP contribution < -0.4 is 10.6 Å². The van der Waals surface area contributed by atoms with Crippen LogP contribution in [0.2, 0.25) is 0 Å². The topological polar surface area (TPSA) is 55.0 Å². The van der Waals surface area contributed by atoms with Crippen LogP contribution in [0.1, 0.15) is 19.3 Å². The van der Waals surface area contributed by atoms with Crippen molar-refractivity contribution in [1.29, 1.82) is 0 Å². The summed E-state index contributed by atoms with van der Waals surface area (Å²) in [6, 6.07) is 0.611. The molecule has 0 aliphatic heterocycles. The van der Waals surface area contributed by atoms with Gasteiger partial charge in [0.1, 0.15) is 12.1 Å². The number of halogens is 1. The Balaban J connectivity index is 2.19. The quantitative estimate of drug-likeness (QED) is 0.902. The fourth-order valence-corrected chi connectivity index (χ4v) is 2.26. The van der Waals surface area contributed by atoms with Crippen LogP contribution in [0.15, 0.2) is 17.0 Å². The van der Waals surface area contributed by atoms with Crippen molar-refractivity contribution in [1.82, 2.24) is 9.97 Å². The molecule has 2 N–H and O–H groups in total. The lowest BCUT2D eigenvalue weighted by Gasteiger charge is -2.38. The molecule has 0 aromatic carbocycles. The van der Waals surface area contributed by atoms with Gasteiger partial charge in [0.2, 0.25) is 0 Å². The molecule has 0 radical (unpaired) electrons. The molecule has 5 heteroatoms. The maximum atomic E-state index is 5.63. The van der Waals surface area contributed by atoms with Gasteiger partial charge in [-0.15, -0.1) is 0 Å². The molecule has 0 amide bonds. The van der Waals surface area contributed by atoms with E-state index in [0.717, 1.165) is 16.8 Å². The largest absolute Gasteiger partial charge is 0.351 e. The van der Waals surface area contributed by atoms with E-state index in [-0.39, 0.29) is 0 Å². The molecule has 0 unspecified atom stereocenters. The van der Waals surface area contributed by atoms with Crippen molar-refractivity contribution in [3.05, 3.63) is 17.0 Å². The number of rotatable bonds is 4. The zero-order valence-electron chi connectivity index (χ0n) is 8.56. The van der Waals surface area contributed by atoms with Crippen molar-refractivity contribution in [2.45, 2.75) is 25.3 Å². The lowest BCUT2D eigenvalue weighted by molar-refractivity contribution is 0.385. The van der Waals surface area contributed by atoms with E-state index in [1.165, 1.54) is 19.3 Å². The Morgan fingerprint density at radius 3 is 2.87 bits per heavy atom. The second-order valence-corrected chi connectivity index (χ2v) is 4.62. The van der Waals surface area contributed by atoms with Crippen LogP contribution in [-0.4, -0.2) is 29.1 Å². The monoisotopic (exact) mass is 270 g/mol. The van der Waals surface area contributed by atoms with E-state index < -0.39 is 0 Å². The predicted octanol–water partition coefficient (Wildman–Crippen LogP) is 1.56. The molecule has 0 bridgehead atoms. The summed E-state index contributed by atoms with van der Waals surface area (Å²) in [6.07, 6.45) is 7.17. The van der Waals surface area contributed by atoms with Gasteiger partial charge >= 0.3 is 0 Å². The third-order valence-corrected chi connectivity index (χ3v) is 3.37.